The molecule has 1 aromatic carbocycles. The fourth-order valence-corrected chi connectivity index (χ4v) is 5.02. The van der Waals surface area contributed by atoms with Crippen molar-refractivity contribution in [1.29, 1.82) is 0 Å². The highest BCUT2D eigenvalue weighted by molar-refractivity contribution is 7.89. The molecule has 2 aliphatic rings. The lowest BCUT2D eigenvalue weighted by molar-refractivity contribution is -0.132. The van der Waals surface area contributed by atoms with Crippen LogP contribution in [0.25, 0.3) is 0 Å². The molecular weight excluding hydrogens is 365 g/mol. The Balaban J connectivity index is 2.09. The number of sulfonamides is 1. The van der Waals surface area contributed by atoms with Gasteiger partial charge in [0.25, 0.3) is 11.7 Å². The Bertz CT molecular complexity index is 815. The van der Waals surface area contributed by atoms with Gasteiger partial charge in [0, 0.05) is 22.2 Å². The van der Waals surface area contributed by atoms with Gasteiger partial charge in [-0.25, -0.2) is 12.7 Å². The van der Waals surface area contributed by atoms with Crippen LogP contribution in [0.3, 0.4) is 0 Å². The lowest BCUT2D eigenvalue weighted by Crippen LogP contribution is -2.33. The molecule has 1 unspecified atom stereocenters. The first-order valence-electron chi connectivity index (χ1n) is 6.80. The predicted octanol–water partition coefficient (Wildman–Crippen LogP) is 2.57. The zero-order chi connectivity index (χ0) is 17.0. The van der Waals surface area contributed by atoms with Crippen LogP contribution in [0.5, 0.6) is 0 Å². The van der Waals surface area contributed by atoms with E-state index in [2.05, 4.69) is 0 Å². The Kier molecular flexibility index (Phi) is 3.78. The minimum absolute atomic E-state index is 0.0646. The Morgan fingerprint density at radius 2 is 1.91 bits per heavy atom. The Labute approximate surface area is 143 Å². The van der Waals surface area contributed by atoms with E-state index in [1.807, 2.05) is 0 Å². The monoisotopic (exact) mass is 377 g/mol. The second-order valence-electron chi connectivity index (χ2n) is 5.46. The van der Waals surface area contributed by atoms with Gasteiger partial charge in [-0.2, -0.15) is 0 Å². The number of Topliss-reactive ketones (excluding diaryl/α,β-unsaturated/α-hetero) is 1. The van der Waals surface area contributed by atoms with Crippen LogP contribution in [0.4, 0.5) is 0 Å². The van der Waals surface area contributed by atoms with E-state index in [1.165, 1.54) is 19.1 Å². The molecule has 6 nitrogen and oxygen atoms in total. The topological polar surface area (TPSA) is 83.9 Å². The fraction of sp³-hybridized carbons (Fsp3) is 0.357. The van der Waals surface area contributed by atoms with E-state index >= 15 is 0 Å². The first-order chi connectivity index (χ1) is 10.7. The number of nitrogens with zero attached hydrogens (tertiary/aromatic N) is 1. The van der Waals surface area contributed by atoms with E-state index in [0.29, 0.717) is 6.42 Å². The molecule has 0 bridgehead atoms. The highest BCUT2D eigenvalue weighted by Crippen LogP contribution is 2.45. The van der Waals surface area contributed by atoms with Crippen molar-refractivity contribution in [2.75, 3.05) is 12.3 Å². The summed E-state index contributed by atoms with van der Waals surface area (Å²) in [5.41, 5.74) is -1.50. The van der Waals surface area contributed by atoms with Gasteiger partial charge in [0.1, 0.15) is 0 Å². The summed E-state index contributed by atoms with van der Waals surface area (Å²) < 4.78 is 30.6. The van der Waals surface area contributed by atoms with Crippen LogP contribution in [-0.4, -0.2) is 35.9 Å². The van der Waals surface area contributed by atoms with Crippen molar-refractivity contribution >= 4 is 39.0 Å². The van der Waals surface area contributed by atoms with Crippen molar-refractivity contribution < 1.29 is 23.1 Å². The maximum atomic E-state index is 12.5. The molecule has 2 heterocycles. The summed E-state index contributed by atoms with van der Waals surface area (Å²) in [7, 11) is -3.61. The van der Waals surface area contributed by atoms with Crippen molar-refractivity contribution in [3.8, 4) is 0 Å². The third-order valence-corrected chi connectivity index (χ3v) is 6.37. The Morgan fingerprint density at radius 1 is 1.30 bits per heavy atom. The Morgan fingerprint density at radius 3 is 2.43 bits per heavy atom. The van der Waals surface area contributed by atoms with Gasteiger partial charge in [0.05, 0.1) is 5.75 Å². The predicted molar refractivity (Wildman–Crippen MR) is 84.7 cm³/mol. The van der Waals surface area contributed by atoms with Crippen molar-refractivity contribution in [3.63, 3.8) is 0 Å². The summed E-state index contributed by atoms with van der Waals surface area (Å²) >= 11 is 12.3. The molecule has 2 aliphatic heterocycles. The molecule has 0 spiro atoms. The normalized spacial score (nSPS) is 26.7. The van der Waals surface area contributed by atoms with Gasteiger partial charge in [-0.1, -0.05) is 29.3 Å². The smallest absolute Gasteiger partial charge is 0.252 e. The molecule has 1 saturated heterocycles. The van der Waals surface area contributed by atoms with E-state index in [1.54, 1.807) is 6.07 Å². The van der Waals surface area contributed by atoms with Gasteiger partial charge < -0.3 is 9.84 Å². The van der Waals surface area contributed by atoms with Gasteiger partial charge in [-0.3, -0.25) is 4.79 Å². The summed E-state index contributed by atoms with van der Waals surface area (Å²) in [6.45, 7) is 1.54. The largest absolute Gasteiger partial charge is 0.501 e. The number of aliphatic hydroxyl groups excluding tert-OH is 1. The summed E-state index contributed by atoms with van der Waals surface area (Å²) in [5, 5.41) is 10.5. The van der Waals surface area contributed by atoms with Gasteiger partial charge >= 0.3 is 0 Å². The number of carbonyl (C=O) groups is 1. The third-order valence-electron chi connectivity index (χ3n) is 3.92. The summed E-state index contributed by atoms with van der Waals surface area (Å²) in [4.78, 5) is 12.5. The zero-order valence-electron chi connectivity index (χ0n) is 12.0. The van der Waals surface area contributed by atoms with Crippen LogP contribution < -0.4 is 0 Å². The molecule has 3 rings (SSSR count). The van der Waals surface area contributed by atoms with Crippen LogP contribution in [0.2, 0.25) is 10.0 Å². The lowest BCUT2D eigenvalue weighted by Gasteiger charge is -2.27. The quantitative estimate of drug-likeness (QED) is 0.855. The molecule has 0 aromatic heterocycles. The number of hydrogen-bond acceptors (Lipinski definition) is 5. The van der Waals surface area contributed by atoms with Crippen LogP contribution in [0.1, 0.15) is 18.9 Å². The standard InChI is InChI=1S/C14H13Cl2NO5S/c1-14(10-8(15)4-2-5-9(10)16)12(19)11(18)13(22-14)17-6-3-7-23(17,20)21/h2,4-5,18H,3,6-7H2,1H3. The highest BCUT2D eigenvalue weighted by atomic mass is 35.5. The second kappa shape index (κ2) is 5.29. The maximum Gasteiger partial charge on any atom is 0.252 e. The molecule has 1 fully saturated rings. The van der Waals surface area contributed by atoms with Crippen molar-refractivity contribution in [1.82, 2.24) is 4.31 Å². The van der Waals surface area contributed by atoms with E-state index < -0.39 is 27.2 Å². The number of ketones is 1. The first-order valence-corrected chi connectivity index (χ1v) is 9.17. The summed E-state index contributed by atoms with van der Waals surface area (Å²) in [6.07, 6.45) is 0.389. The van der Waals surface area contributed by atoms with E-state index in [-0.39, 0.29) is 33.8 Å². The number of halogens is 2. The molecule has 0 radical (unpaired) electrons. The summed E-state index contributed by atoms with van der Waals surface area (Å²) in [6, 6.07) is 4.68. The highest BCUT2D eigenvalue weighted by Gasteiger charge is 2.53. The molecule has 0 amide bonds. The number of aliphatic hydroxyl groups is 1. The molecule has 23 heavy (non-hydrogen) atoms. The van der Waals surface area contributed by atoms with Crippen LogP contribution >= 0.6 is 23.2 Å². The number of ether oxygens (including phenoxy) is 1. The lowest BCUT2D eigenvalue weighted by atomic mass is 9.91. The molecule has 124 valence electrons. The molecule has 9 heteroatoms. The average molecular weight is 378 g/mol. The number of benzene rings is 1. The van der Waals surface area contributed by atoms with Gasteiger partial charge in [-0.15, -0.1) is 0 Å². The Hall–Kier alpha value is -1.44. The van der Waals surface area contributed by atoms with Crippen LogP contribution in [0.15, 0.2) is 29.8 Å². The molecule has 1 N–H and O–H groups in total. The molecule has 1 atom stereocenters. The minimum Gasteiger partial charge on any atom is -0.501 e. The van der Waals surface area contributed by atoms with Gasteiger partial charge in [0.2, 0.25) is 21.4 Å². The fourth-order valence-electron chi connectivity index (χ4n) is 2.77. The number of hydrogen-bond donors (Lipinski definition) is 1. The second-order valence-corrected chi connectivity index (χ2v) is 8.28. The van der Waals surface area contributed by atoms with E-state index in [0.717, 1.165) is 4.31 Å². The zero-order valence-corrected chi connectivity index (χ0v) is 14.4. The molecular formula is C14H13Cl2NO5S. The van der Waals surface area contributed by atoms with Crippen molar-refractivity contribution in [3.05, 3.63) is 45.5 Å². The van der Waals surface area contributed by atoms with Crippen LogP contribution in [-0.2, 0) is 25.2 Å². The van der Waals surface area contributed by atoms with Crippen LogP contribution in [0, 0.1) is 0 Å². The molecule has 0 aliphatic carbocycles. The number of carbonyl (C=O) groups excluding carboxylic acids is 1. The van der Waals surface area contributed by atoms with Crippen molar-refractivity contribution in [2.24, 2.45) is 0 Å². The van der Waals surface area contributed by atoms with Gasteiger partial charge in [0.15, 0.2) is 0 Å². The van der Waals surface area contributed by atoms with E-state index in [4.69, 9.17) is 27.9 Å². The maximum absolute atomic E-state index is 12.5. The van der Waals surface area contributed by atoms with Crippen molar-refractivity contribution in [2.45, 2.75) is 18.9 Å². The summed E-state index contributed by atoms with van der Waals surface area (Å²) in [5.74, 6) is -1.96. The minimum atomic E-state index is -3.61. The average Bonchev–Trinajstić information content (AvgIpc) is 2.91. The number of rotatable bonds is 2. The third kappa shape index (κ3) is 2.38. The van der Waals surface area contributed by atoms with E-state index in [9.17, 15) is 18.3 Å². The molecule has 1 aromatic rings. The first kappa shape index (κ1) is 16.4. The molecule has 0 saturated carbocycles. The SMILES string of the molecule is CC1(c2c(Cl)cccc2Cl)OC(N2CCCS2(=O)=O)=C(O)C1=O. The van der Waals surface area contributed by atoms with Gasteiger partial charge in [-0.05, 0) is 25.5 Å².